The summed E-state index contributed by atoms with van der Waals surface area (Å²) >= 11 is 0. The molecule has 0 fully saturated rings. The van der Waals surface area contributed by atoms with Crippen molar-refractivity contribution in [1.82, 2.24) is 15.1 Å². The van der Waals surface area contributed by atoms with Crippen LogP contribution in [0.3, 0.4) is 0 Å². The molecule has 1 amide bonds. The number of rotatable bonds is 5. The van der Waals surface area contributed by atoms with Gasteiger partial charge < -0.3 is 16.4 Å². The summed E-state index contributed by atoms with van der Waals surface area (Å²) in [6, 6.07) is -0.345. The Bertz CT molecular complexity index is 424. The first-order valence-corrected chi connectivity index (χ1v) is 6.25. The number of nitrogens with one attached hydrogen (secondary N) is 2. The fourth-order valence-electron chi connectivity index (χ4n) is 1.76. The average Bonchev–Trinajstić information content (AvgIpc) is 2.57. The lowest BCUT2D eigenvalue weighted by Crippen LogP contribution is -2.37. The molecular formula is C12H23N5O. The second-order valence-electron chi connectivity index (χ2n) is 4.69. The van der Waals surface area contributed by atoms with E-state index in [2.05, 4.69) is 15.7 Å². The van der Waals surface area contributed by atoms with Gasteiger partial charge in [0.1, 0.15) is 11.9 Å². The molecule has 0 bridgehead atoms. The Morgan fingerprint density at radius 3 is 2.50 bits per heavy atom. The van der Waals surface area contributed by atoms with Crippen molar-refractivity contribution in [2.24, 2.45) is 7.05 Å². The van der Waals surface area contributed by atoms with Crippen molar-refractivity contribution in [3.8, 4) is 0 Å². The predicted molar refractivity (Wildman–Crippen MR) is 73.5 cm³/mol. The van der Waals surface area contributed by atoms with Crippen molar-refractivity contribution in [2.45, 2.75) is 39.7 Å². The summed E-state index contributed by atoms with van der Waals surface area (Å²) in [5.74, 6) is 0.896. The molecule has 1 heterocycles. The van der Waals surface area contributed by atoms with Crippen LogP contribution >= 0.6 is 0 Å². The average molecular weight is 253 g/mol. The van der Waals surface area contributed by atoms with Gasteiger partial charge in [0, 0.05) is 13.6 Å². The molecule has 102 valence electrons. The van der Waals surface area contributed by atoms with Crippen molar-refractivity contribution < 1.29 is 4.79 Å². The second-order valence-corrected chi connectivity index (χ2v) is 4.69. The van der Waals surface area contributed by atoms with Gasteiger partial charge in [-0.25, -0.2) is 0 Å². The van der Waals surface area contributed by atoms with E-state index in [1.54, 1.807) is 11.6 Å². The van der Waals surface area contributed by atoms with Crippen LogP contribution < -0.4 is 16.4 Å². The van der Waals surface area contributed by atoms with E-state index in [0.29, 0.717) is 18.1 Å². The van der Waals surface area contributed by atoms with Gasteiger partial charge in [-0.15, -0.1) is 0 Å². The first-order chi connectivity index (χ1) is 8.38. The number of hydrogen-bond acceptors (Lipinski definition) is 4. The molecule has 6 heteroatoms. The lowest BCUT2D eigenvalue weighted by Gasteiger charge is -2.15. The zero-order valence-electron chi connectivity index (χ0n) is 11.7. The zero-order valence-corrected chi connectivity index (χ0v) is 11.7. The summed E-state index contributed by atoms with van der Waals surface area (Å²) in [5.41, 5.74) is 7.51. The molecule has 1 unspecified atom stereocenters. The quantitative estimate of drug-likeness (QED) is 0.732. The van der Waals surface area contributed by atoms with Gasteiger partial charge in [-0.1, -0.05) is 13.8 Å². The summed E-state index contributed by atoms with van der Waals surface area (Å²) < 4.78 is 1.68. The second kappa shape index (κ2) is 5.75. The van der Waals surface area contributed by atoms with Crippen LogP contribution in [-0.4, -0.2) is 28.3 Å². The van der Waals surface area contributed by atoms with Gasteiger partial charge in [0.25, 0.3) is 0 Å². The third-order valence-corrected chi connectivity index (χ3v) is 2.76. The molecule has 1 rings (SSSR count). The van der Waals surface area contributed by atoms with Gasteiger partial charge in [-0.2, -0.15) is 5.10 Å². The standard InChI is InChI=1S/C12H23N5O/c1-6-14-12(18)8(4)15-11-9(13)10(7(2)3)16-17(11)5/h7-8,15H,6,13H2,1-5H3,(H,14,18). The maximum atomic E-state index is 11.7. The minimum absolute atomic E-state index is 0.0517. The largest absolute Gasteiger partial charge is 0.394 e. The molecule has 0 aliphatic heterocycles. The summed E-state index contributed by atoms with van der Waals surface area (Å²) in [5, 5.41) is 10.2. The molecule has 1 atom stereocenters. The highest BCUT2D eigenvalue weighted by molar-refractivity contribution is 5.85. The predicted octanol–water partition coefficient (Wildman–Crippen LogP) is 1.06. The lowest BCUT2D eigenvalue weighted by molar-refractivity contribution is -0.121. The number of carbonyl (C=O) groups excluding carboxylic acids is 1. The first-order valence-electron chi connectivity index (χ1n) is 6.25. The molecule has 0 saturated carbocycles. The molecule has 0 aliphatic carbocycles. The molecule has 6 nitrogen and oxygen atoms in total. The normalized spacial score (nSPS) is 12.6. The van der Waals surface area contributed by atoms with Crippen LogP contribution in [0.25, 0.3) is 0 Å². The number of carbonyl (C=O) groups is 1. The van der Waals surface area contributed by atoms with Crippen LogP contribution in [0.5, 0.6) is 0 Å². The van der Waals surface area contributed by atoms with Crippen LogP contribution in [0.2, 0.25) is 0 Å². The summed E-state index contributed by atoms with van der Waals surface area (Å²) in [6.45, 7) is 8.38. The highest BCUT2D eigenvalue weighted by atomic mass is 16.2. The highest BCUT2D eigenvalue weighted by Gasteiger charge is 2.19. The molecule has 0 aromatic carbocycles. The number of amides is 1. The Balaban J connectivity index is 2.88. The molecule has 0 spiro atoms. The third-order valence-electron chi connectivity index (χ3n) is 2.76. The van der Waals surface area contributed by atoms with Gasteiger partial charge in [0.15, 0.2) is 0 Å². The molecule has 1 aromatic heterocycles. The Labute approximate surface area is 108 Å². The fraction of sp³-hybridized carbons (Fsp3) is 0.667. The lowest BCUT2D eigenvalue weighted by atomic mass is 10.1. The van der Waals surface area contributed by atoms with Crippen LogP contribution in [-0.2, 0) is 11.8 Å². The number of nitrogens with two attached hydrogens (primary N) is 1. The Morgan fingerprint density at radius 2 is 2.06 bits per heavy atom. The first kappa shape index (κ1) is 14.3. The number of likely N-dealkylation sites (N-methyl/N-ethyl adjacent to an activating group) is 1. The molecule has 0 aliphatic rings. The SMILES string of the molecule is CCNC(=O)C(C)Nc1c(N)c(C(C)C)nn1C. The van der Waals surface area contributed by atoms with Crippen molar-refractivity contribution in [3.63, 3.8) is 0 Å². The highest BCUT2D eigenvalue weighted by Crippen LogP contribution is 2.27. The van der Waals surface area contributed by atoms with Crippen molar-refractivity contribution in [1.29, 1.82) is 0 Å². The smallest absolute Gasteiger partial charge is 0.242 e. The van der Waals surface area contributed by atoms with Gasteiger partial charge in [-0.05, 0) is 19.8 Å². The Hall–Kier alpha value is -1.72. The van der Waals surface area contributed by atoms with Crippen LogP contribution in [0.4, 0.5) is 11.5 Å². The number of aryl methyl sites for hydroxylation is 1. The Morgan fingerprint density at radius 1 is 1.44 bits per heavy atom. The number of hydrogen-bond donors (Lipinski definition) is 3. The third kappa shape index (κ3) is 2.94. The number of nitrogen functional groups attached to an aromatic ring is 1. The van der Waals surface area contributed by atoms with E-state index in [0.717, 1.165) is 5.69 Å². The zero-order chi connectivity index (χ0) is 13.9. The van der Waals surface area contributed by atoms with Gasteiger partial charge in [-0.3, -0.25) is 9.48 Å². The maximum absolute atomic E-state index is 11.7. The van der Waals surface area contributed by atoms with E-state index in [1.165, 1.54) is 0 Å². The summed E-state index contributed by atoms with van der Waals surface area (Å²) in [7, 11) is 1.81. The topological polar surface area (TPSA) is 85.0 Å². The number of nitrogens with zero attached hydrogens (tertiary/aromatic N) is 2. The van der Waals surface area contributed by atoms with E-state index in [4.69, 9.17) is 5.73 Å². The van der Waals surface area contributed by atoms with Gasteiger partial charge >= 0.3 is 0 Å². The van der Waals surface area contributed by atoms with Crippen LogP contribution in [0.1, 0.15) is 39.3 Å². The minimum atomic E-state index is -0.345. The molecule has 0 saturated heterocycles. The fourth-order valence-corrected chi connectivity index (χ4v) is 1.76. The number of aromatic nitrogens is 2. The minimum Gasteiger partial charge on any atom is -0.394 e. The van der Waals surface area contributed by atoms with Gasteiger partial charge in [0.05, 0.1) is 11.4 Å². The van der Waals surface area contributed by atoms with E-state index in [1.807, 2.05) is 27.8 Å². The summed E-state index contributed by atoms with van der Waals surface area (Å²) in [4.78, 5) is 11.7. The molecule has 18 heavy (non-hydrogen) atoms. The van der Waals surface area contributed by atoms with Crippen molar-refractivity contribution >= 4 is 17.4 Å². The molecule has 1 aromatic rings. The molecular weight excluding hydrogens is 230 g/mol. The van der Waals surface area contributed by atoms with E-state index in [-0.39, 0.29) is 17.9 Å². The molecule has 4 N–H and O–H groups in total. The van der Waals surface area contributed by atoms with E-state index >= 15 is 0 Å². The van der Waals surface area contributed by atoms with E-state index < -0.39 is 0 Å². The summed E-state index contributed by atoms with van der Waals surface area (Å²) in [6.07, 6.45) is 0. The van der Waals surface area contributed by atoms with Crippen LogP contribution in [0, 0.1) is 0 Å². The van der Waals surface area contributed by atoms with Crippen LogP contribution in [0.15, 0.2) is 0 Å². The Kier molecular flexibility index (Phi) is 4.58. The van der Waals surface area contributed by atoms with E-state index in [9.17, 15) is 4.79 Å². The maximum Gasteiger partial charge on any atom is 0.242 e. The van der Waals surface area contributed by atoms with Crippen molar-refractivity contribution in [2.75, 3.05) is 17.6 Å². The number of anilines is 2. The monoisotopic (exact) mass is 253 g/mol. The van der Waals surface area contributed by atoms with Gasteiger partial charge in [0.2, 0.25) is 5.91 Å². The molecule has 0 radical (unpaired) electrons. The van der Waals surface area contributed by atoms with Crippen molar-refractivity contribution in [3.05, 3.63) is 5.69 Å².